The van der Waals surface area contributed by atoms with Crippen molar-refractivity contribution in [3.05, 3.63) is 47.5 Å². The molecule has 1 saturated heterocycles. The van der Waals surface area contributed by atoms with E-state index in [4.69, 9.17) is 9.47 Å². The quantitative estimate of drug-likeness (QED) is 0.673. The highest BCUT2D eigenvalue weighted by Crippen LogP contribution is 2.36. The summed E-state index contributed by atoms with van der Waals surface area (Å²) in [4.78, 5) is 0. The summed E-state index contributed by atoms with van der Waals surface area (Å²) >= 11 is 0. The van der Waals surface area contributed by atoms with Gasteiger partial charge in [0.1, 0.15) is 0 Å². The molecule has 3 rings (SSSR count). The molecule has 132 valence electrons. The van der Waals surface area contributed by atoms with Crippen LogP contribution in [0.4, 0.5) is 0 Å². The van der Waals surface area contributed by atoms with Crippen molar-refractivity contribution >= 4 is 0 Å². The maximum absolute atomic E-state index is 5.92. The lowest BCUT2D eigenvalue weighted by Crippen LogP contribution is -2.30. The summed E-state index contributed by atoms with van der Waals surface area (Å²) in [5.74, 6) is 1.49. The fourth-order valence-electron chi connectivity index (χ4n) is 4.03. The first-order valence-corrected chi connectivity index (χ1v) is 9.72. The van der Waals surface area contributed by atoms with Crippen LogP contribution in [0.15, 0.2) is 36.4 Å². The van der Waals surface area contributed by atoms with E-state index in [2.05, 4.69) is 50.3 Å². The monoisotopic (exact) mass is 328 g/mol. The van der Waals surface area contributed by atoms with Crippen molar-refractivity contribution in [2.24, 2.45) is 5.92 Å². The predicted octanol–water partition coefficient (Wildman–Crippen LogP) is 5.41. The maximum atomic E-state index is 5.92. The molecule has 0 N–H and O–H groups in total. The molecule has 1 saturated carbocycles. The van der Waals surface area contributed by atoms with Crippen LogP contribution in [0, 0.1) is 12.8 Å². The average molecular weight is 328 g/mol. The smallest absolute Gasteiger partial charge is 0.0809 e. The predicted molar refractivity (Wildman–Crippen MR) is 99.4 cm³/mol. The molecule has 0 amide bonds. The third kappa shape index (κ3) is 4.94. The Labute approximate surface area is 147 Å². The summed E-state index contributed by atoms with van der Waals surface area (Å²) in [7, 11) is 0. The highest BCUT2D eigenvalue weighted by atomic mass is 16.5. The number of hydrogen-bond donors (Lipinski definition) is 0. The Morgan fingerprint density at radius 1 is 1.00 bits per heavy atom. The van der Waals surface area contributed by atoms with Crippen molar-refractivity contribution in [2.75, 3.05) is 13.2 Å². The van der Waals surface area contributed by atoms with Crippen molar-refractivity contribution in [1.29, 1.82) is 0 Å². The van der Waals surface area contributed by atoms with Gasteiger partial charge in [-0.3, -0.25) is 0 Å². The van der Waals surface area contributed by atoms with Gasteiger partial charge in [0.25, 0.3) is 0 Å². The van der Waals surface area contributed by atoms with Crippen LogP contribution in [-0.4, -0.2) is 25.4 Å². The lowest BCUT2D eigenvalue weighted by Gasteiger charge is -2.29. The van der Waals surface area contributed by atoms with Gasteiger partial charge in [0.05, 0.1) is 18.8 Å². The zero-order valence-electron chi connectivity index (χ0n) is 15.2. The van der Waals surface area contributed by atoms with Crippen LogP contribution in [0.5, 0.6) is 0 Å². The molecule has 2 heteroatoms. The van der Waals surface area contributed by atoms with Gasteiger partial charge >= 0.3 is 0 Å². The number of benzene rings is 1. The first kappa shape index (κ1) is 17.7. The molecule has 0 bridgehead atoms. The number of hydrogen-bond acceptors (Lipinski definition) is 2. The van der Waals surface area contributed by atoms with Gasteiger partial charge in [-0.1, -0.05) is 42.0 Å². The molecular weight excluding hydrogens is 296 g/mol. The maximum Gasteiger partial charge on any atom is 0.0809 e. The summed E-state index contributed by atoms with van der Waals surface area (Å²) in [5, 5.41) is 0. The minimum absolute atomic E-state index is 0.302. The molecule has 1 aromatic rings. The van der Waals surface area contributed by atoms with Crippen LogP contribution in [0.2, 0.25) is 0 Å². The van der Waals surface area contributed by atoms with E-state index in [0.717, 1.165) is 37.9 Å². The Kier molecular flexibility index (Phi) is 6.51. The summed E-state index contributed by atoms with van der Waals surface area (Å²) in [6, 6.07) is 9.14. The van der Waals surface area contributed by atoms with Gasteiger partial charge < -0.3 is 9.47 Å². The third-order valence-corrected chi connectivity index (χ3v) is 5.59. The number of ether oxygens (including phenoxy) is 2. The summed E-state index contributed by atoms with van der Waals surface area (Å²) < 4.78 is 11.6. The molecule has 2 aliphatic rings. The van der Waals surface area contributed by atoms with E-state index in [1.54, 1.807) is 0 Å². The molecule has 2 nitrogen and oxygen atoms in total. The van der Waals surface area contributed by atoms with Crippen LogP contribution >= 0.6 is 0 Å². The largest absolute Gasteiger partial charge is 0.376 e. The highest BCUT2D eigenvalue weighted by Gasteiger charge is 2.23. The normalized spacial score (nSPS) is 31.4. The van der Waals surface area contributed by atoms with Crippen LogP contribution in [0.25, 0.3) is 0 Å². The molecule has 0 spiro atoms. The van der Waals surface area contributed by atoms with Gasteiger partial charge in [0.15, 0.2) is 0 Å². The van der Waals surface area contributed by atoms with E-state index < -0.39 is 0 Å². The fraction of sp³-hybridized carbons (Fsp3) is 0.636. The van der Waals surface area contributed by atoms with E-state index in [0.29, 0.717) is 12.2 Å². The van der Waals surface area contributed by atoms with E-state index >= 15 is 0 Å². The fourth-order valence-corrected chi connectivity index (χ4v) is 4.03. The Morgan fingerprint density at radius 3 is 2.38 bits per heavy atom. The topological polar surface area (TPSA) is 18.5 Å². The summed E-state index contributed by atoms with van der Waals surface area (Å²) in [6.07, 6.45) is 12.8. The molecule has 2 unspecified atom stereocenters. The second-order valence-corrected chi connectivity index (χ2v) is 7.43. The number of allylic oxidation sites excluding steroid dienone is 1. The van der Waals surface area contributed by atoms with Gasteiger partial charge in [-0.15, -0.1) is 0 Å². The number of aryl methyl sites for hydroxylation is 1. The van der Waals surface area contributed by atoms with Gasteiger partial charge in [-0.05, 0) is 69.8 Å². The Morgan fingerprint density at radius 2 is 1.75 bits per heavy atom. The molecule has 1 heterocycles. The van der Waals surface area contributed by atoms with Crippen molar-refractivity contribution in [3.8, 4) is 0 Å². The molecule has 0 radical (unpaired) electrons. The van der Waals surface area contributed by atoms with Crippen molar-refractivity contribution in [1.82, 2.24) is 0 Å². The van der Waals surface area contributed by atoms with Crippen LogP contribution in [0.1, 0.15) is 62.5 Å². The average Bonchev–Trinajstić information content (AvgIpc) is 2.63. The van der Waals surface area contributed by atoms with Gasteiger partial charge in [-0.25, -0.2) is 0 Å². The van der Waals surface area contributed by atoms with Crippen LogP contribution in [-0.2, 0) is 9.47 Å². The third-order valence-electron chi connectivity index (χ3n) is 5.59. The SMILES string of the molecule is CCOC1CCC(/C=C/C2CCC(c3ccc(C)cc3)CC2)OC1. The van der Waals surface area contributed by atoms with Gasteiger partial charge in [0, 0.05) is 6.61 Å². The zero-order chi connectivity index (χ0) is 16.8. The molecule has 1 aliphatic heterocycles. The lowest BCUT2D eigenvalue weighted by molar-refractivity contribution is -0.0679. The molecule has 2 fully saturated rings. The minimum atomic E-state index is 0.302. The summed E-state index contributed by atoms with van der Waals surface area (Å²) in [5.41, 5.74) is 2.88. The van der Waals surface area contributed by atoms with E-state index in [1.807, 2.05) is 0 Å². The van der Waals surface area contributed by atoms with Gasteiger partial charge in [-0.2, -0.15) is 0 Å². The highest BCUT2D eigenvalue weighted by molar-refractivity contribution is 5.25. The van der Waals surface area contributed by atoms with Crippen LogP contribution < -0.4 is 0 Å². The molecule has 0 aromatic heterocycles. The standard InChI is InChI=1S/C22H32O2/c1-3-23-22-15-14-21(24-16-22)13-8-18-6-11-20(12-7-18)19-9-4-17(2)5-10-19/h4-5,8-10,13,18,20-22H,3,6-7,11-12,14-16H2,1-2H3/b13-8+. The second-order valence-electron chi connectivity index (χ2n) is 7.43. The van der Waals surface area contributed by atoms with Crippen LogP contribution in [0.3, 0.4) is 0 Å². The zero-order valence-corrected chi connectivity index (χ0v) is 15.2. The Balaban J connectivity index is 1.41. The van der Waals surface area contributed by atoms with E-state index in [1.165, 1.54) is 36.8 Å². The molecule has 1 aliphatic carbocycles. The van der Waals surface area contributed by atoms with E-state index in [-0.39, 0.29) is 0 Å². The molecule has 24 heavy (non-hydrogen) atoms. The Bertz CT molecular complexity index is 503. The lowest BCUT2D eigenvalue weighted by atomic mass is 9.78. The van der Waals surface area contributed by atoms with Gasteiger partial charge in [0.2, 0.25) is 0 Å². The van der Waals surface area contributed by atoms with Crippen molar-refractivity contribution in [2.45, 2.75) is 70.5 Å². The Hall–Kier alpha value is -1.12. The molecule has 1 aromatic carbocycles. The molecule has 2 atom stereocenters. The van der Waals surface area contributed by atoms with Crippen molar-refractivity contribution in [3.63, 3.8) is 0 Å². The van der Waals surface area contributed by atoms with E-state index in [9.17, 15) is 0 Å². The minimum Gasteiger partial charge on any atom is -0.376 e. The first-order valence-electron chi connectivity index (χ1n) is 9.72. The number of rotatable bonds is 5. The second kappa shape index (κ2) is 8.82. The summed E-state index contributed by atoms with van der Waals surface area (Å²) in [6.45, 7) is 5.76. The first-order chi connectivity index (χ1) is 11.7. The molecular formula is C22H32O2. The van der Waals surface area contributed by atoms with Crippen molar-refractivity contribution < 1.29 is 9.47 Å².